The molecule has 6 nitrogen and oxygen atoms in total. The van der Waals surface area contributed by atoms with Gasteiger partial charge >= 0.3 is 0 Å². The third kappa shape index (κ3) is 2.13. The van der Waals surface area contributed by atoms with E-state index in [-0.39, 0.29) is 30.2 Å². The van der Waals surface area contributed by atoms with Crippen molar-refractivity contribution in [2.45, 2.75) is 18.9 Å². The Morgan fingerprint density at radius 1 is 1.21 bits per heavy atom. The van der Waals surface area contributed by atoms with Crippen molar-refractivity contribution in [3.63, 3.8) is 0 Å². The number of aromatic nitrogens is 2. The monoisotopic (exact) mass is 324 g/mol. The van der Waals surface area contributed by atoms with Crippen LogP contribution in [0, 0.1) is 5.92 Å². The zero-order valence-electron chi connectivity index (χ0n) is 13.8. The lowest BCUT2D eigenvalue weighted by Gasteiger charge is -2.27. The molecule has 6 heteroatoms. The highest BCUT2D eigenvalue weighted by Gasteiger charge is 2.46. The molecule has 24 heavy (non-hydrogen) atoms. The average Bonchev–Trinajstić information content (AvgIpc) is 3.26. The van der Waals surface area contributed by atoms with Crippen LogP contribution in [0.1, 0.15) is 23.7 Å². The lowest BCUT2D eigenvalue weighted by Crippen LogP contribution is -2.38. The van der Waals surface area contributed by atoms with E-state index in [1.807, 2.05) is 36.2 Å². The van der Waals surface area contributed by atoms with Crippen LogP contribution in [-0.4, -0.2) is 40.1 Å². The molecule has 0 spiro atoms. The number of benzene rings is 1. The highest BCUT2D eigenvalue weighted by atomic mass is 16.2. The Bertz CT molecular complexity index is 813. The van der Waals surface area contributed by atoms with E-state index in [0.717, 1.165) is 17.8 Å². The number of nitrogens with zero attached hydrogens (tertiary/aromatic N) is 4. The van der Waals surface area contributed by atoms with Gasteiger partial charge in [-0.2, -0.15) is 5.10 Å². The average molecular weight is 324 g/mol. The summed E-state index contributed by atoms with van der Waals surface area (Å²) in [6.45, 7) is 0.685. The number of anilines is 1. The van der Waals surface area contributed by atoms with Crippen LogP contribution in [0.25, 0.3) is 0 Å². The number of rotatable bonds is 2. The second kappa shape index (κ2) is 5.47. The zero-order valence-corrected chi connectivity index (χ0v) is 13.8. The highest BCUT2D eigenvalue weighted by Crippen LogP contribution is 2.40. The van der Waals surface area contributed by atoms with E-state index >= 15 is 0 Å². The fraction of sp³-hybridized carbons (Fsp3) is 0.389. The van der Waals surface area contributed by atoms with Crippen molar-refractivity contribution in [1.82, 2.24) is 14.7 Å². The Morgan fingerprint density at radius 3 is 2.75 bits per heavy atom. The first kappa shape index (κ1) is 14.9. The Morgan fingerprint density at radius 2 is 2.00 bits per heavy atom. The van der Waals surface area contributed by atoms with Crippen LogP contribution in [0.15, 0.2) is 36.5 Å². The zero-order chi connectivity index (χ0) is 16.8. The lowest BCUT2D eigenvalue weighted by atomic mass is 9.95. The Balaban J connectivity index is 1.69. The molecular weight excluding hydrogens is 304 g/mol. The topological polar surface area (TPSA) is 58.4 Å². The summed E-state index contributed by atoms with van der Waals surface area (Å²) in [5.74, 6) is -0.333. The summed E-state index contributed by atoms with van der Waals surface area (Å²) in [7, 11) is 3.61. The normalized spacial score (nSPS) is 23.0. The molecule has 1 fully saturated rings. The summed E-state index contributed by atoms with van der Waals surface area (Å²) in [5, 5.41) is 4.20. The number of hydrogen-bond acceptors (Lipinski definition) is 3. The van der Waals surface area contributed by atoms with Gasteiger partial charge in [0, 0.05) is 38.9 Å². The molecule has 124 valence electrons. The molecule has 0 saturated carbocycles. The molecule has 2 atom stereocenters. The summed E-state index contributed by atoms with van der Waals surface area (Å²) >= 11 is 0. The van der Waals surface area contributed by atoms with Crippen LogP contribution in [0.4, 0.5) is 5.69 Å². The van der Waals surface area contributed by atoms with E-state index in [1.165, 1.54) is 5.56 Å². The van der Waals surface area contributed by atoms with Gasteiger partial charge < -0.3 is 9.80 Å². The van der Waals surface area contributed by atoms with Crippen LogP contribution in [0.2, 0.25) is 0 Å². The summed E-state index contributed by atoms with van der Waals surface area (Å²) in [4.78, 5) is 29.1. The van der Waals surface area contributed by atoms with Gasteiger partial charge in [0.1, 0.15) is 0 Å². The predicted molar refractivity (Wildman–Crippen MR) is 89.3 cm³/mol. The Labute approximate surface area is 140 Å². The molecule has 2 aromatic rings. The molecule has 2 aliphatic heterocycles. The molecule has 0 unspecified atom stereocenters. The molecule has 2 aliphatic rings. The van der Waals surface area contributed by atoms with E-state index in [9.17, 15) is 9.59 Å². The smallest absolute Gasteiger partial charge is 0.233 e. The molecule has 2 amide bonds. The van der Waals surface area contributed by atoms with Crippen molar-refractivity contribution >= 4 is 17.5 Å². The molecule has 1 aromatic heterocycles. The summed E-state index contributed by atoms with van der Waals surface area (Å²) in [5.41, 5.74) is 3.07. The molecule has 0 radical (unpaired) electrons. The number of amides is 2. The van der Waals surface area contributed by atoms with Gasteiger partial charge in [0.2, 0.25) is 11.8 Å². The van der Waals surface area contributed by atoms with Gasteiger partial charge in [-0.15, -0.1) is 0 Å². The Hall–Kier alpha value is -2.63. The van der Waals surface area contributed by atoms with Gasteiger partial charge in [0.15, 0.2) is 0 Å². The van der Waals surface area contributed by atoms with Crippen molar-refractivity contribution in [3.8, 4) is 0 Å². The maximum atomic E-state index is 13.2. The van der Waals surface area contributed by atoms with Crippen molar-refractivity contribution in [2.24, 2.45) is 13.0 Å². The number of carbonyl (C=O) groups is 2. The highest BCUT2D eigenvalue weighted by molar-refractivity contribution is 6.01. The maximum Gasteiger partial charge on any atom is 0.233 e. The fourth-order valence-electron chi connectivity index (χ4n) is 3.94. The van der Waals surface area contributed by atoms with Gasteiger partial charge in [-0.1, -0.05) is 18.2 Å². The minimum atomic E-state index is -0.371. The van der Waals surface area contributed by atoms with E-state index in [1.54, 1.807) is 22.8 Å². The standard InChI is InChI=1S/C18H20N4O2/c1-20-16(23)11-13(17(20)15-7-9-19-21(15)2)18(24)22-10-8-12-5-3-4-6-14(12)22/h3-7,9,13,17H,8,10-11H2,1-2H3/t13-,17-/m1/s1. The molecule has 0 N–H and O–H groups in total. The van der Waals surface area contributed by atoms with Gasteiger partial charge in [-0.25, -0.2) is 0 Å². The number of fused-ring (bicyclic) bond motifs is 1. The molecule has 3 heterocycles. The number of aryl methyl sites for hydroxylation is 1. The van der Waals surface area contributed by atoms with Crippen LogP contribution in [0.5, 0.6) is 0 Å². The SMILES string of the molecule is CN1C(=O)C[C@@H](C(=O)N2CCc3ccccc32)[C@@H]1c1ccnn1C. The second-order valence-corrected chi connectivity index (χ2v) is 6.51. The quantitative estimate of drug-likeness (QED) is 0.842. The first-order valence-corrected chi connectivity index (χ1v) is 8.21. The van der Waals surface area contributed by atoms with Crippen molar-refractivity contribution in [3.05, 3.63) is 47.8 Å². The number of carbonyl (C=O) groups excluding carboxylic acids is 2. The van der Waals surface area contributed by atoms with Crippen LogP contribution < -0.4 is 4.90 Å². The summed E-state index contributed by atoms with van der Waals surface area (Å²) < 4.78 is 1.75. The number of hydrogen-bond donors (Lipinski definition) is 0. The third-order valence-electron chi connectivity index (χ3n) is 5.22. The van der Waals surface area contributed by atoms with E-state index in [0.29, 0.717) is 6.54 Å². The van der Waals surface area contributed by atoms with Crippen molar-refractivity contribution in [1.29, 1.82) is 0 Å². The van der Waals surface area contributed by atoms with E-state index in [2.05, 4.69) is 11.2 Å². The second-order valence-electron chi connectivity index (χ2n) is 6.51. The van der Waals surface area contributed by atoms with Gasteiger partial charge in [0.25, 0.3) is 0 Å². The predicted octanol–water partition coefficient (Wildman–Crippen LogP) is 1.53. The number of para-hydroxylation sites is 1. The Kier molecular flexibility index (Phi) is 3.40. The first-order valence-electron chi connectivity index (χ1n) is 8.21. The molecule has 1 saturated heterocycles. The molecular formula is C18H20N4O2. The molecule has 4 rings (SSSR count). The minimum absolute atomic E-state index is 0.00651. The number of likely N-dealkylation sites (tertiary alicyclic amines) is 1. The van der Waals surface area contributed by atoms with Crippen molar-refractivity contribution < 1.29 is 9.59 Å². The van der Waals surface area contributed by atoms with Gasteiger partial charge in [-0.05, 0) is 24.1 Å². The lowest BCUT2D eigenvalue weighted by molar-refractivity contribution is -0.128. The van der Waals surface area contributed by atoms with Crippen LogP contribution >= 0.6 is 0 Å². The van der Waals surface area contributed by atoms with Gasteiger partial charge in [0.05, 0.1) is 17.7 Å². The van der Waals surface area contributed by atoms with E-state index < -0.39 is 0 Å². The molecule has 0 bridgehead atoms. The van der Waals surface area contributed by atoms with Crippen LogP contribution in [0.3, 0.4) is 0 Å². The van der Waals surface area contributed by atoms with Crippen molar-refractivity contribution in [2.75, 3.05) is 18.5 Å². The summed E-state index contributed by atoms with van der Waals surface area (Å²) in [6.07, 6.45) is 2.83. The largest absolute Gasteiger partial charge is 0.336 e. The first-order chi connectivity index (χ1) is 11.6. The van der Waals surface area contributed by atoms with Gasteiger partial charge in [-0.3, -0.25) is 14.3 Å². The minimum Gasteiger partial charge on any atom is -0.336 e. The molecule has 1 aromatic carbocycles. The fourth-order valence-corrected chi connectivity index (χ4v) is 3.94. The third-order valence-corrected chi connectivity index (χ3v) is 5.22. The maximum absolute atomic E-state index is 13.2. The molecule has 0 aliphatic carbocycles. The van der Waals surface area contributed by atoms with Crippen LogP contribution in [-0.2, 0) is 23.1 Å². The van der Waals surface area contributed by atoms with E-state index in [4.69, 9.17) is 0 Å². The summed E-state index contributed by atoms with van der Waals surface area (Å²) in [6, 6.07) is 9.63.